The lowest BCUT2D eigenvalue weighted by atomic mass is 9.81. The number of urea groups is 1. The van der Waals surface area contributed by atoms with Crippen molar-refractivity contribution in [2.24, 2.45) is 23.0 Å². The Hall–Kier alpha value is -2.63. The Kier molecular flexibility index (Phi) is 12.0. The molecule has 5 N–H and O–H groups in total. The van der Waals surface area contributed by atoms with E-state index in [9.17, 15) is 28.8 Å². The summed E-state index contributed by atoms with van der Waals surface area (Å²) in [6, 6.07) is -3.14. The predicted molar refractivity (Wildman–Crippen MR) is 154 cm³/mol. The zero-order valence-electron chi connectivity index (χ0n) is 24.9. The summed E-state index contributed by atoms with van der Waals surface area (Å²) in [5.74, 6) is -3.39. The number of carbonyl (C=O) groups excluding carboxylic acids is 6. The van der Waals surface area contributed by atoms with Crippen LogP contribution >= 0.6 is 11.8 Å². The van der Waals surface area contributed by atoms with Crippen molar-refractivity contribution in [1.82, 2.24) is 20.9 Å². The third-order valence-electron chi connectivity index (χ3n) is 8.04. The SMILES string of the molecule is CCC(C)C(NC(=O)NC(C(=O)N1CCCC1C(=O)NC(SC1CC1)C(=O)C(N)=O)C(C)(C)CC)C(=O)C(C)C. The minimum absolute atomic E-state index is 0.0810. The van der Waals surface area contributed by atoms with Crippen molar-refractivity contribution in [3.8, 4) is 0 Å². The number of hydrogen-bond donors (Lipinski definition) is 4. The number of carbonyl (C=O) groups is 6. The molecule has 1 saturated carbocycles. The number of amides is 5. The van der Waals surface area contributed by atoms with E-state index < -0.39 is 58.5 Å². The number of nitrogens with zero attached hydrogens (tertiary/aromatic N) is 1. The molecule has 0 aromatic carbocycles. The Balaban J connectivity index is 2.23. The van der Waals surface area contributed by atoms with Crippen LogP contribution in [0.5, 0.6) is 0 Å². The first-order valence-corrected chi connectivity index (χ1v) is 15.3. The second-order valence-corrected chi connectivity index (χ2v) is 13.4. The fourth-order valence-corrected chi connectivity index (χ4v) is 5.80. The Labute approximate surface area is 241 Å². The van der Waals surface area contributed by atoms with E-state index >= 15 is 0 Å². The Morgan fingerprint density at radius 1 is 0.975 bits per heavy atom. The van der Waals surface area contributed by atoms with E-state index in [2.05, 4.69) is 16.0 Å². The molecule has 1 aliphatic heterocycles. The van der Waals surface area contributed by atoms with Crippen molar-refractivity contribution in [3.63, 3.8) is 0 Å². The molecule has 2 aliphatic rings. The molecule has 0 aromatic rings. The summed E-state index contributed by atoms with van der Waals surface area (Å²) < 4.78 is 0. The largest absolute Gasteiger partial charge is 0.363 e. The number of nitrogens with one attached hydrogen (secondary N) is 3. The van der Waals surface area contributed by atoms with E-state index in [-0.39, 0.29) is 22.9 Å². The fourth-order valence-electron chi connectivity index (χ4n) is 4.58. The number of likely N-dealkylation sites (tertiary alicyclic amines) is 1. The molecule has 5 atom stereocenters. The van der Waals surface area contributed by atoms with Crippen molar-refractivity contribution >= 4 is 47.1 Å². The molecule has 11 nitrogen and oxygen atoms in total. The molecule has 5 unspecified atom stereocenters. The number of rotatable bonds is 15. The summed E-state index contributed by atoms with van der Waals surface area (Å²) in [7, 11) is 0. The van der Waals surface area contributed by atoms with Gasteiger partial charge in [-0.15, -0.1) is 11.8 Å². The van der Waals surface area contributed by atoms with Crippen molar-refractivity contribution in [2.45, 2.75) is 116 Å². The minimum Gasteiger partial charge on any atom is -0.363 e. The Bertz CT molecular complexity index is 982. The maximum Gasteiger partial charge on any atom is 0.316 e. The van der Waals surface area contributed by atoms with Crippen molar-refractivity contribution in [1.29, 1.82) is 0 Å². The molecule has 0 aromatic heterocycles. The molecule has 5 amide bonds. The first kappa shape index (κ1) is 33.6. The van der Waals surface area contributed by atoms with Gasteiger partial charge in [0.2, 0.25) is 11.8 Å². The van der Waals surface area contributed by atoms with Gasteiger partial charge in [-0.1, -0.05) is 54.9 Å². The van der Waals surface area contributed by atoms with Gasteiger partial charge in [-0.3, -0.25) is 24.0 Å². The molecule has 0 bridgehead atoms. The summed E-state index contributed by atoms with van der Waals surface area (Å²) in [5, 5.41) is 7.32. The lowest BCUT2D eigenvalue weighted by Crippen LogP contribution is -2.61. The highest BCUT2D eigenvalue weighted by atomic mass is 32.2. The average molecular weight is 582 g/mol. The van der Waals surface area contributed by atoms with Crippen LogP contribution in [0.4, 0.5) is 4.79 Å². The lowest BCUT2D eigenvalue weighted by molar-refractivity contribution is -0.143. The smallest absolute Gasteiger partial charge is 0.316 e. The molecule has 226 valence electrons. The molecule has 1 saturated heterocycles. The van der Waals surface area contributed by atoms with Gasteiger partial charge in [0, 0.05) is 17.7 Å². The van der Waals surface area contributed by atoms with Crippen LogP contribution in [-0.2, 0) is 24.0 Å². The lowest BCUT2D eigenvalue weighted by Gasteiger charge is -2.37. The van der Waals surface area contributed by atoms with Crippen molar-refractivity contribution < 1.29 is 28.8 Å². The molecule has 0 radical (unpaired) electrons. The first-order valence-electron chi connectivity index (χ1n) is 14.3. The number of primary amides is 1. The molecule has 1 heterocycles. The minimum atomic E-state index is -1.12. The van der Waals surface area contributed by atoms with E-state index in [0.717, 1.165) is 12.8 Å². The Morgan fingerprint density at radius 2 is 1.60 bits per heavy atom. The zero-order valence-corrected chi connectivity index (χ0v) is 25.7. The fraction of sp³-hybridized carbons (Fsp3) is 0.786. The highest BCUT2D eigenvalue weighted by Gasteiger charge is 2.44. The molecule has 2 fully saturated rings. The summed E-state index contributed by atoms with van der Waals surface area (Å²) in [6.45, 7) is 13.4. The predicted octanol–water partition coefficient (Wildman–Crippen LogP) is 2.11. The quantitative estimate of drug-likeness (QED) is 0.170. The van der Waals surface area contributed by atoms with Crippen LogP contribution in [0.3, 0.4) is 0 Å². The van der Waals surface area contributed by atoms with E-state index in [1.54, 1.807) is 13.8 Å². The summed E-state index contributed by atoms with van der Waals surface area (Å²) in [4.78, 5) is 78.6. The maximum atomic E-state index is 13.9. The molecule has 0 spiro atoms. The van der Waals surface area contributed by atoms with Gasteiger partial charge in [-0.25, -0.2) is 4.79 Å². The van der Waals surface area contributed by atoms with Crippen LogP contribution in [0.15, 0.2) is 0 Å². The van der Waals surface area contributed by atoms with Gasteiger partial charge in [0.25, 0.3) is 11.7 Å². The van der Waals surface area contributed by atoms with Gasteiger partial charge in [-0.05, 0) is 43.4 Å². The Morgan fingerprint density at radius 3 is 2.10 bits per heavy atom. The third-order valence-corrected chi connectivity index (χ3v) is 9.50. The van der Waals surface area contributed by atoms with Crippen LogP contribution in [-0.4, -0.2) is 75.5 Å². The third kappa shape index (κ3) is 8.68. The van der Waals surface area contributed by atoms with E-state index in [0.29, 0.717) is 32.2 Å². The van der Waals surface area contributed by atoms with E-state index in [4.69, 9.17) is 5.73 Å². The summed E-state index contributed by atoms with van der Waals surface area (Å²) in [6.07, 6.45) is 3.97. The van der Waals surface area contributed by atoms with Crippen LogP contribution in [0.2, 0.25) is 0 Å². The monoisotopic (exact) mass is 581 g/mol. The average Bonchev–Trinajstić information content (AvgIpc) is 3.58. The van der Waals surface area contributed by atoms with Gasteiger partial charge < -0.3 is 26.6 Å². The van der Waals surface area contributed by atoms with Crippen LogP contribution in [0.25, 0.3) is 0 Å². The van der Waals surface area contributed by atoms with Crippen LogP contribution in [0, 0.1) is 17.3 Å². The summed E-state index contributed by atoms with van der Waals surface area (Å²) >= 11 is 1.20. The zero-order chi connectivity index (χ0) is 30.4. The van der Waals surface area contributed by atoms with Crippen molar-refractivity contribution in [2.75, 3.05) is 6.54 Å². The molecule has 12 heteroatoms. The molecular formula is C28H47N5O6S. The topological polar surface area (TPSA) is 168 Å². The number of Topliss-reactive ketones (excluding diaryl/α,β-unsaturated/α-hetero) is 2. The maximum absolute atomic E-state index is 13.9. The normalized spacial score (nSPS) is 20.3. The first-order chi connectivity index (χ1) is 18.6. The van der Waals surface area contributed by atoms with E-state index in [1.165, 1.54) is 16.7 Å². The van der Waals surface area contributed by atoms with Crippen LogP contribution in [0.1, 0.15) is 87.0 Å². The van der Waals surface area contributed by atoms with Gasteiger partial charge in [0.05, 0.1) is 6.04 Å². The number of nitrogens with two attached hydrogens (primary N) is 1. The van der Waals surface area contributed by atoms with Gasteiger partial charge in [0.15, 0.2) is 5.78 Å². The molecule has 2 rings (SSSR count). The number of hydrogen-bond acceptors (Lipinski definition) is 7. The highest BCUT2D eigenvalue weighted by molar-refractivity contribution is 8.01. The van der Waals surface area contributed by atoms with E-state index in [1.807, 2.05) is 34.6 Å². The second kappa shape index (κ2) is 14.3. The molecule has 40 heavy (non-hydrogen) atoms. The van der Waals surface area contributed by atoms with Gasteiger partial charge in [0.1, 0.15) is 17.5 Å². The number of ketones is 2. The molecule has 1 aliphatic carbocycles. The summed E-state index contributed by atoms with van der Waals surface area (Å²) in [5.41, 5.74) is 4.53. The standard InChI is InChI=1S/C28H47N5O6S/c1-8-16(5)19(20(34)15(3)4)30-27(39)31-22(28(6,7)9-2)26(38)33-14-10-11-18(33)24(37)32-25(21(35)23(29)36)40-17-12-13-17/h15-19,22,25H,8-14H2,1-7H3,(H2,29,36)(H,32,37)(H2,30,31,39). The van der Waals surface area contributed by atoms with Gasteiger partial charge >= 0.3 is 6.03 Å². The van der Waals surface area contributed by atoms with Crippen molar-refractivity contribution in [3.05, 3.63) is 0 Å². The highest BCUT2D eigenvalue weighted by Crippen LogP contribution is 2.36. The number of thioether (sulfide) groups is 1. The molecular weight excluding hydrogens is 534 g/mol. The second-order valence-electron chi connectivity index (χ2n) is 12.0. The van der Waals surface area contributed by atoms with Crippen LogP contribution < -0.4 is 21.7 Å². The van der Waals surface area contributed by atoms with Gasteiger partial charge in [-0.2, -0.15) is 0 Å².